The summed E-state index contributed by atoms with van der Waals surface area (Å²) >= 11 is 0. The largest absolute Gasteiger partial charge is 0.374 e. The van der Waals surface area contributed by atoms with Gasteiger partial charge in [-0.05, 0) is 26.3 Å². The summed E-state index contributed by atoms with van der Waals surface area (Å²) in [5, 5.41) is 3.42. The number of ether oxygens (including phenoxy) is 1. The van der Waals surface area contributed by atoms with Gasteiger partial charge in [-0.2, -0.15) is 0 Å². The SMILES string of the molecule is CC1CN2CCCC2CN1CC1CNCCO1. The van der Waals surface area contributed by atoms with Gasteiger partial charge in [-0.15, -0.1) is 0 Å². The minimum absolute atomic E-state index is 0.402. The van der Waals surface area contributed by atoms with Crippen LogP contribution < -0.4 is 5.32 Å². The highest BCUT2D eigenvalue weighted by Gasteiger charge is 2.35. The zero-order chi connectivity index (χ0) is 11.7. The van der Waals surface area contributed by atoms with Gasteiger partial charge in [0.05, 0.1) is 12.7 Å². The fraction of sp³-hybridized carbons (Fsp3) is 1.00. The van der Waals surface area contributed by atoms with Gasteiger partial charge >= 0.3 is 0 Å². The van der Waals surface area contributed by atoms with Gasteiger partial charge < -0.3 is 10.1 Å². The van der Waals surface area contributed by atoms with Crippen LogP contribution in [0.5, 0.6) is 0 Å². The number of hydrogen-bond donors (Lipinski definition) is 1. The lowest BCUT2D eigenvalue weighted by molar-refractivity contribution is -0.0240. The van der Waals surface area contributed by atoms with Crippen LogP contribution in [0.25, 0.3) is 0 Å². The Morgan fingerprint density at radius 2 is 2.29 bits per heavy atom. The summed E-state index contributed by atoms with van der Waals surface area (Å²) in [6.45, 7) is 10.2. The Morgan fingerprint density at radius 3 is 3.12 bits per heavy atom. The van der Waals surface area contributed by atoms with Gasteiger partial charge in [0.25, 0.3) is 0 Å². The van der Waals surface area contributed by atoms with Crippen LogP contribution in [0.2, 0.25) is 0 Å². The normalized spacial score (nSPS) is 40.4. The van der Waals surface area contributed by atoms with E-state index >= 15 is 0 Å². The van der Waals surface area contributed by atoms with Gasteiger partial charge in [-0.25, -0.2) is 0 Å². The number of piperazine rings is 1. The number of morpholine rings is 1. The number of hydrogen-bond acceptors (Lipinski definition) is 4. The molecule has 0 aliphatic carbocycles. The van der Waals surface area contributed by atoms with Crippen molar-refractivity contribution in [3.63, 3.8) is 0 Å². The van der Waals surface area contributed by atoms with Crippen molar-refractivity contribution in [2.75, 3.05) is 45.9 Å². The summed E-state index contributed by atoms with van der Waals surface area (Å²) < 4.78 is 5.82. The molecule has 0 aromatic rings. The molecule has 3 aliphatic rings. The molecule has 0 aromatic heterocycles. The molecule has 0 amide bonds. The highest BCUT2D eigenvalue weighted by atomic mass is 16.5. The average molecular weight is 239 g/mol. The monoisotopic (exact) mass is 239 g/mol. The van der Waals surface area contributed by atoms with Crippen molar-refractivity contribution in [3.8, 4) is 0 Å². The van der Waals surface area contributed by atoms with Gasteiger partial charge in [0.2, 0.25) is 0 Å². The molecule has 3 unspecified atom stereocenters. The van der Waals surface area contributed by atoms with E-state index in [-0.39, 0.29) is 0 Å². The molecular weight excluding hydrogens is 214 g/mol. The van der Waals surface area contributed by atoms with Crippen molar-refractivity contribution >= 4 is 0 Å². The molecule has 17 heavy (non-hydrogen) atoms. The van der Waals surface area contributed by atoms with Crippen LogP contribution in [-0.2, 0) is 4.74 Å². The summed E-state index contributed by atoms with van der Waals surface area (Å²) in [5.41, 5.74) is 0. The Morgan fingerprint density at radius 1 is 1.35 bits per heavy atom. The van der Waals surface area contributed by atoms with E-state index in [4.69, 9.17) is 4.74 Å². The zero-order valence-corrected chi connectivity index (χ0v) is 10.9. The van der Waals surface area contributed by atoms with E-state index in [1.165, 1.54) is 32.5 Å². The van der Waals surface area contributed by atoms with E-state index in [0.717, 1.165) is 32.3 Å². The van der Waals surface area contributed by atoms with Gasteiger partial charge in [0.1, 0.15) is 0 Å². The predicted octanol–water partition coefficient (Wildman–Crippen LogP) is 0.143. The van der Waals surface area contributed by atoms with Crippen LogP contribution in [-0.4, -0.2) is 73.9 Å². The quantitative estimate of drug-likeness (QED) is 0.742. The summed E-state index contributed by atoms with van der Waals surface area (Å²) in [7, 11) is 0. The second-order valence-corrected chi connectivity index (χ2v) is 5.79. The van der Waals surface area contributed by atoms with E-state index in [0.29, 0.717) is 12.1 Å². The summed E-state index contributed by atoms with van der Waals surface area (Å²) in [6, 6.07) is 1.51. The first-order valence-electron chi connectivity index (χ1n) is 7.13. The number of rotatable bonds is 2. The molecule has 3 rings (SSSR count). The maximum atomic E-state index is 5.82. The fourth-order valence-corrected chi connectivity index (χ4v) is 3.50. The Balaban J connectivity index is 1.55. The third-order valence-corrected chi connectivity index (χ3v) is 4.51. The highest BCUT2D eigenvalue weighted by Crippen LogP contribution is 2.24. The van der Waals surface area contributed by atoms with Gasteiger partial charge in [0.15, 0.2) is 0 Å². The first kappa shape index (κ1) is 11.9. The third-order valence-electron chi connectivity index (χ3n) is 4.51. The van der Waals surface area contributed by atoms with Crippen LogP contribution in [0.4, 0.5) is 0 Å². The predicted molar refractivity (Wildman–Crippen MR) is 68.2 cm³/mol. The molecule has 4 nitrogen and oxygen atoms in total. The molecule has 0 saturated carbocycles. The number of nitrogens with one attached hydrogen (secondary N) is 1. The Kier molecular flexibility index (Phi) is 3.66. The second kappa shape index (κ2) is 5.22. The molecule has 3 aliphatic heterocycles. The number of nitrogens with zero attached hydrogens (tertiary/aromatic N) is 2. The van der Waals surface area contributed by atoms with Gasteiger partial charge in [-0.3, -0.25) is 9.80 Å². The maximum Gasteiger partial charge on any atom is 0.0826 e. The van der Waals surface area contributed by atoms with E-state index in [1.54, 1.807) is 0 Å². The molecule has 3 atom stereocenters. The lowest BCUT2D eigenvalue weighted by Gasteiger charge is -2.43. The highest BCUT2D eigenvalue weighted by molar-refractivity contribution is 4.91. The van der Waals surface area contributed by atoms with Crippen LogP contribution >= 0.6 is 0 Å². The van der Waals surface area contributed by atoms with Crippen LogP contribution in [0, 0.1) is 0 Å². The average Bonchev–Trinajstić information content (AvgIpc) is 2.78. The summed E-state index contributed by atoms with van der Waals surface area (Å²) in [6.07, 6.45) is 3.19. The Bertz CT molecular complexity index is 255. The van der Waals surface area contributed by atoms with E-state index in [9.17, 15) is 0 Å². The molecule has 3 heterocycles. The van der Waals surface area contributed by atoms with Crippen LogP contribution in [0.3, 0.4) is 0 Å². The molecule has 98 valence electrons. The minimum Gasteiger partial charge on any atom is -0.374 e. The Hall–Kier alpha value is -0.160. The molecular formula is C13H25N3O. The summed E-state index contributed by atoms with van der Waals surface area (Å²) in [4.78, 5) is 5.32. The molecule has 3 saturated heterocycles. The van der Waals surface area contributed by atoms with Gasteiger partial charge in [-0.1, -0.05) is 0 Å². The Labute approximate surface area is 104 Å². The molecule has 3 fully saturated rings. The molecule has 0 radical (unpaired) electrons. The molecule has 4 heteroatoms. The topological polar surface area (TPSA) is 27.7 Å². The van der Waals surface area contributed by atoms with Crippen molar-refractivity contribution in [1.82, 2.24) is 15.1 Å². The lowest BCUT2D eigenvalue weighted by Crippen LogP contribution is -2.58. The maximum absolute atomic E-state index is 5.82. The van der Waals surface area contributed by atoms with Crippen molar-refractivity contribution in [3.05, 3.63) is 0 Å². The first-order valence-corrected chi connectivity index (χ1v) is 7.13. The molecule has 1 N–H and O–H groups in total. The van der Waals surface area contributed by atoms with Crippen molar-refractivity contribution in [2.45, 2.75) is 38.0 Å². The number of fused-ring (bicyclic) bond motifs is 1. The standard InChI is InChI=1S/C13H25N3O/c1-11-8-15-5-2-3-12(15)9-16(11)10-13-7-14-4-6-17-13/h11-14H,2-10H2,1H3. The third kappa shape index (κ3) is 2.65. The van der Waals surface area contributed by atoms with E-state index in [2.05, 4.69) is 22.0 Å². The van der Waals surface area contributed by atoms with Crippen molar-refractivity contribution in [1.29, 1.82) is 0 Å². The van der Waals surface area contributed by atoms with Crippen molar-refractivity contribution in [2.24, 2.45) is 0 Å². The first-order chi connectivity index (χ1) is 8.33. The molecule has 0 aromatic carbocycles. The second-order valence-electron chi connectivity index (χ2n) is 5.79. The van der Waals surface area contributed by atoms with E-state index in [1.807, 2.05) is 0 Å². The zero-order valence-electron chi connectivity index (χ0n) is 10.9. The minimum atomic E-state index is 0.402. The van der Waals surface area contributed by atoms with Crippen molar-refractivity contribution < 1.29 is 4.74 Å². The summed E-state index contributed by atoms with van der Waals surface area (Å²) in [5.74, 6) is 0. The smallest absolute Gasteiger partial charge is 0.0826 e. The molecule has 0 spiro atoms. The van der Waals surface area contributed by atoms with E-state index < -0.39 is 0 Å². The lowest BCUT2D eigenvalue weighted by atomic mass is 10.1. The van der Waals surface area contributed by atoms with Crippen LogP contribution in [0.1, 0.15) is 19.8 Å². The molecule has 0 bridgehead atoms. The van der Waals surface area contributed by atoms with Crippen LogP contribution in [0.15, 0.2) is 0 Å². The fourth-order valence-electron chi connectivity index (χ4n) is 3.50. The van der Waals surface area contributed by atoms with Gasteiger partial charge in [0, 0.05) is 44.8 Å².